The first-order valence-corrected chi connectivity index (χ1v) is 4.82. The van der Waals surface area contributed by atoms with E-state index >= 15 is 0 Å². The van der Waals surface area contributed by atoms with Crippen LogP contribution in [0.15, 0.2) is 24.3 Å². The third kappa shape index (κ3) is 2.72. The lowest BCUT2D eigenvalue weighted by molar-refractivity contribution is 0.404. The van der Waals surface area contributed by atoms with E-state index in [0.29, 0.717) is 0 Å². The summed E-state index contributed by atoms with van der Waals surface area (Å²) in [6.45, 7) is 0.916. The Balaban J connectivity index is 2.72. The molecule has 0 aliphatic heterocycles. The van der Waals surface area contributed by atoms with Gasteiger partial charge in [0, 0.05) is 11.6 Å². The van der Waals surface area contributed by atoms with Gasteiger partial charge in [-0.2, -0.15) is 0 Å². The van der Waals surface area contributed by atoms with Gasteiger partial charge in [0.1, 0.15) is 5.75 Å². The van der Waals surface area contributed by atoms with Gasteiger partial charge in [-0.25, -0.2) is 0 Å². The summed E-state index contributed by atoms with van der Waals surface area (Å²) in [4.78, 5) is 0. The highest BCUT2D eigenvalue weighted by Crippen LogP contribution is 2.24. The van der Waals surface area contributed by atoms with Gasteiger partial charge in [0.25, 0.3) is 0 Å². The van der Waals surface area contributed by atoms with Crippen molar-refractivity contribution >= 4 is 0 Å². The van der Waals surface area contributed by atoms with Crippen LogP contribution in [-0.4, -0.2) is 20.7 Å². The van der Waals surface area contributed by atoms with Crippen LogP contribution in [0.5, 0.6) is 5.75 Å². The van der Waals surface area contributed by atoms with Crippen LogP contribution >= 0.6 is 0 Å². The van der Waals surface area contributed by atoms with Crippen LogP contribution in [0.3, 0.4) is 0 Å². The minimum absolute atomic E-state index is 0.0404. The van der Waals surface area contributed by atoms with Crippen molar-refractivity contribution in [1.29, 1.82) is 0 Å². The van der Waals surface area contributed by atoms with E-state index in [9.17, 15) is 0 Å². The van der Waals surface area contributed by atoms with Gasteiger partial charge in [-0.3, -0.25) is 0 Å². The molecule has 14 heavy (non-hydrogen) atoms. The molecule has 0 fully saturated rings. The lowest BCUT2D eigenvalue weighted by Gasteiger charge is -2.15. The van der Waals surface area contributed by atoms with E-state index in [1.54, 1.807) is 7.11 Å². The molecular formula is C11H18N2O. The summed E-state index contributed by atoms with van der Waals surface area (Å²) in [5, 5.41) is 3.09. The zero-order chi connectivity index (χ0) is 10.4. The third-order valence-electron chi connectivity index (χ3n) is 2.24. The number of nitrogens with two attached hydrogens (primary N) is 1. The van der Waals surface area contributed by atoms with Gasteiger partial charge >= 0.3 is 0 Å². The topological polar surface area (TPSA) is 47.3 Å². The molecule has 0 aromatic heterocycles. The predicted octanol–water partition coefficient (Wildman–Crippen LogP) is 1.30. The molecule has 0 bridgehead atoms. The predicted molar refractivity (Wildman–Crippen MR) is 58.5 cm³/mol. The van der Waals surface area contributed by atoms with Crippen LogP contribution in [0.4, 0.5) is 0 Å². The van der Waals surface area contributed by atoms with Crippen molar-refractivity contribution in [2.75, 3.05) is 20.7 Å². The van der Waals surface area contributed by atoms with Gasteiger partial charge in [0.15, 0.2) is 0 Å². The van der Waals surface area contributed by atoms with E-state index in [-0.39, 0.29) is 6.04 Å². The first-order chi connectivity index (χ1) is 6.79. The van der Waals surface area contributed by atoms with Crippen LogP contribution in [0, 0.1) is 0 Å². The fourth-order valence-electron chi connectivity index (χ4n) is 1.43. The van der Waals surface area contributed by atoms with Crippen molar-refractivity contribution < 1.29 is 4.74 Å². The molecule has 78 valence electrons. The Labute approximate surface area is 85.3 Å². The van der Waals surface area contributed by atoms with E-state index < -0.39 is 0 Å². The quantitative estimate of drug-likeness (QED) is 0.743. The Hall–Kier alpha value is -1.06. The highest BCUT2D eigenvalue weighted by atomic mass is 16.5. The number of methoxy groups -OCH3 is 1. The number of benzene rings is 1. The van der Waals surface area contributed by atoms with E-state index in [1.807, 2.05) is 31.3 Å². The first kappa shape index (κ1) is 11.0. The maximum absolute atomic E-state index is 6.04. The minimum Gasteiger partial charge on any atom is -0.496 e. The number of hydrogen-bond acceptors (Lipinski definition) is 3. The summed E-state index contributed by atoms with van der Waals surface area (Å²) in [6, 6.07) is 7.93. The van der Waals surface area contributed by atoms with Gasteiger partial charge in [-0.15, -0.1) is 0 Å². The molecule has 3 heteroatoms. The summed E-state index contributed by atoms with van der Waals surface area (Å²) in [6.07, 6.45) is 0.914. The average Bonchev–Trinajstić information content (AvgIpc) is 2.25. The smallest absolute Gasteiger partial charge is 0.123 e. The number of nitrogens with one attached hydrogen (secondary N) is 1. The molecule has 3 N–H and O–H groups in total. The zero-order valence-electron chi connectivity index (χ0n) is 8.79. The summed E-state index contributed by atoms with van der Waals surface area (Å²) < 4.78 is 5.25. The molecular weight excluding hydrogens is 176 g/mol. The monoisotopic (exact) mass is 194 g/mol. The van der Waals surface area contributed by atoms with Gasteiger partial charge < -0.3 is 15.8 Å². The van der Waals surface area contributed by atoms with E-state index in [1.165, 1.54) is 0 Å². The molecule has 3 nitrogen and oxygen atoms in total. The van der Waals surface area contributed by atoms with E-state index in [0.717, 1.165) is 24.3 Å². The van der Waals surface area contributed by atoms with E-state index in [4.69, 9.17) is 10.5 Å². The second-order valence-corrected chi connectivity index (χ2v) is 3.24. The summed E-state index contributed by atoms with van der Waals surface area (Å²) >= 11 is 0. The van der Waals surface area contributed by atoms with Crippen LogP contribution < -0.4 is 15.8 Å². The van der Waals surface area contributed by atoms with Crippen LogP contribution in [0.2, 0.25) is 0 Å². The maximum Gasteiger partial charge on any atom is 0.123 e. The largest absolute Gasteiger partial charge is 0.496 e. The molecule has 0 heterocycles. The molecule has 1 unspecified atom stereocenters. The molecule has 1 aromatic rings. The fourth-order valence-corrected chi connectivity index (χ4v) is 1.43. The van der Waals surface area contributed by atoms with Gasteiger partial charge in [0.2, 0.25) is 0 Å². The molecule has 0 saturated heterocycles. The second-order valence-electron chi connectivity index (χ2n) is 3.24. The standard InChI is InChI=1S/C11H18N2O/c1-13-8-7-10(12)9-5-3-4-6-11(9)14-2/h3-6,10,13H,7-8,12H2,1-2H3. The number of rotatable bonds is 5. The SMILES string of the molecule is CNCCC(N)c1ccccc1OC. The third-order valence-corrected chi connectivity index (χ3v) is 2.24. The minimum atomic E-state index is 0.0404. The normalized spacial score (nSPS) is 12.5. The van der Waals surface area contributed by atoms with Gasteiger partial charge in [-0.1, -0.05) is 18.2 Å². The fraction of sp³-hybridized carbons (Fsp3) is 0.455. The Morgan fingerprint density at radius 2 is 2.14 bits per heavy atom. The summed E-state index contributed by atoms with van der Waals surface area (Å²) in [7, 11) is 3.60. The molecule has 0 spiro atoms. The molecule has 0 saturated carbocycles. The molecule has 0 radical (unpaired) electrons. The molecule has 0 amide bonds. The highest BCUT2D eigenvalue weighted by molar-refractivity contribution is 5.35. The lowest BCUT2D eigenvalue weighted by Crippen LogP contribution is -2.18. The second kappa shape index (κ2) is 5.62. The van der Waals surface area contributed by atoms with Crippen molar-refractivity contribution in [2.45, 2.75) is 12.5 Å². The molecule has 1 aromatic carbocycles. The summed E-state index contributed by atoms with van der Waals surface area (Å²) in [5.41, 5.74) is 7.11. The molecule has 1 atom stereocenters. The van der Waals surface area contributed by atoms with Crippen molar-refractivity contribution in [2.24, 2.45) is 5.73 Å². The van der Waals surface area contributed by atoms with Crippen molar-refractivity contribution in [3.63, 3.8) is 0 Å². The number of hydrogen-bond donors (Lipinski definition) is 2. The van der Waals surface area contributed by atoms with E-state index in [2.05, 4.69) is 5.32 Å². The van der Waals surface area contributed by atoms with Gasteiger partial charge in [-0.05, 0) is 26.1 Å². The average molecular weight is 194 g/mol. The van der Waals surface area contributed by atoms with Crippen LogP contribution in [0.1, 0.15) is 18.0 Å². The Morgan fingerprint density at radius 1 is 1.43 bits per heavy atom. The zero-order valence-corrected chi connectivity index (χ0v) is 8.79. The maximum atomic E-state index is 6.04. The lowest BCUT2D eigenvalue weighted by atomic mass is 10.0. The number of ether oxygens (including phenoxy) is 1. The van der Waals surface area contributed by atoms with Crippen LogP contribution in [0.25, 0.3) is 0 Å². The van der Waals surface area contributed by atoms with Crippen molar-refractivity contribution in [3.05, 3.63) is 29.8 Å². The molecule has 1 rings (SSSR count). The van der Waals surface area contributed by atoms with Crippen molar-refractivity contribution in [1.82, 2.24) is 5.32 Å². The summed E-state index contributed by atoms with van der Waals surface area (Å²) in [5.74, 6) is 0.871. The Kier molecular flexibility index (Phi) is 4.43. The first-order valence-electron chi connectivity index (χ1n) is 4.82. The number of para-hydroxylation sites is 1. The van der Waals surface area contributed by atoms with Gasteiger partial charge in [0.05, 0.1) is 7.11 Å². The molecule has 0 aliphatic rings. The van der Waals surface area contributed by atoms with Crippen molar-refractivity contribution in [3.8, 4) is 5.75 Å². The molecule has 0 aliphatic carbocycles. The Bertz CT molecular complexity index is 276. The Morgan fingerprint density at radius 3 is 2.79 bits per heavy atom. The van der Waals surface area contributed by atoms with Crippen LogP contribution in [-0.2, 0) is 0 Å². The highest BCUT2D eigenvalue weighted by Gasteiger charge is 2.09.